The van der Waals surface area contributed by atoms with E-state index < -0.39 is 0 Å². The molecule has 0 saturated heterocycles. The zero-order valence-corrected chi connectivity index (χ0v) is 18.9. The summed E-state index contributed by atoms with van der Waals surface area (Å²) in [5, 5.41) is 12.8. The van der Waals surface area contributed by atoms with E-state index in [1.807, 2.05) is 72.3 Å². The Morgan fingerprint density at radius 3 is 2.65 bits per heavy atom. The van der Waals surface area contributed by atoms with Crippen LogP contribution >= 0.6 is 35.1 Å². The Morgan fingerprint density at radius 1 is 1.06 bits per heavy atom. The van der Waals surface area contributed by atoms with E-state index in [0.717, 1.165) is 21.0 Å². The second-order valence-electron chi connectivity index (χ2n) is 6.50. The molecular formula is C22H18ClN5OS2. The van der Waals surface area contributed by atoms with Crippen LogP contribution in [0.15, 0.2) is 88.0 Å². The first-order valence-corrected chi connectivity index (χ1v) is 11.5. The Bertz CT molecular complexity index is 1180. The molecule has 2 aromatic heterocycles. The van der Waals surface area contributed by atoms with Crippen molar-refractivity contribution in [1.82, 2.24) is 19.7 Å². The molecule has 0 aliphatic rings. The number of hydrogen-bond acceptors (Lipinski definition) is 6. The molecule has 2 aromatic carbocycles. The Morgan fingerprint density at radius 2 is 1.87 bits per heavy atom. The fourth-order valence-electron chi connectivity index (χ4n) is 2.79. The van der Waals surface area contributed by atoms with Crippen LogP contribution in [0.2, 0.25) is 5.02 Å². The average molecular weight is 468 g/mol. The fraction of sp³-hybridized carbons (Fsp3) is 0.0909. The molecule has 9 heteroatoms. The number of hydrogen-bond donors (Lipinski definition) is 1. The number of pyridine rings is 1. The van der Waals surface area contributed by atoms with Crippen LogP contribution in [-0.2, 0) is 11.8 Å². The highest BCUT2D eigenvalue weighted by Gasteiger charge is 2.14. The van der Waals surface area contributed by atoms with Gasteiger partial charge in [-0.25, -0.2) is 0 Å². The summed E-state index contributed by atoms with van der Waals surface area (Å²) in [5.41, 5.74) is 1.64. The van der Waals surface area contributed by atoms with Crippen LogP contribution in [0.3, 0.4) is 0 Å². The molecule has 0 spiro atoms. The summed E-state index contributed by atoms with van der Waals surface area (Å²) >= 11 is 8.87. The summed E-state index contributed by atoms with van der Waals surface area (Å²) in [6.45, 7) is 0. The van der Waals surface area contributed by atoms with E-state index in [-0.39, 0.29) is 11.7 Å². The van der Waals surface area contributed by atoms with Crippen molar-refractivity contribution >= 4 is 46.7 Å². The van der Waals surface area contributed by atoms with Gasteiger partial charge in [0.2, 0.25) is 5.91 Å². The average Bonchev–Trinajstić information content (AvgIpc) is 3.16. The molecule has 0 atom stereocenters. The van der Waals surface area contributed by atoms with Crippen LogP contribution in [0, 0.1) is 0 Å². The Kier molecular flexibility index (Phi) is 6.91. The number of amides is 1. The molecule has 0 aliphatic heterocycles. The van der Waals surface area contributed by atoms with Crippen molar-refractivity contribution in [3.63, 3.8) is 0 Å². The maximum absolute atomic E-state index is 12.6. The molecule has 1 amide bonds. The van der Waals surface area contributed by atoms with Crippen LogP contribution in [0.5, 0.6) is 0 Å². The van der Waals surface area contributed by atoms with Gasteiger partial charge in [0.25, 0.3) is 0 Å². The van der Waals surface area contributed by atoms with Crippen LogP contribution in [0.1, 0.15) is 0 Å². The number of carbonyl (C=O) groups is 1. The molecule has 4 rings (SSSR count). The topological polar surface area (TPSA) is 72.7 Å². The maximum Gasteiger partial charge on any atom is 0.234 e. The van der Waals surface area contributed by atoms with Gasteiger partial charge in [0.15, 0.2) is 11.0 Å². The number of thioether (sulfide) groups is 1. The van der Waals surface area contributed by atoms with Gasteiger partial charge in [-0.15, -0.1) is 10.2 Å². The van der Waals surface area contributed by atoms with Crippen molar-refractivity contribution < 1.29 is 4.79 Å². The SMILES string of the molecule is Cn1c(SCC(=O)Nc2ccccc2Sc2ccc(Cl)cc2)nnc1-c1cccnc1. The fourth-order valence-corrected chi connectivity index (χ4v) is 4.53. The minimum Gasteiger partial charge on any atom is -0.324 e. The van der Waals surface area contributed by atoms with E-state index in [9.17, 15) is 4.79 Å². The highest BCUT2D eigenvalue weighted by molar-refractivity contribution is 8.00. The van der Waals surface area contributed by atoms with Gasteiger partial charge in [0.05, 0.1) is 11.4 Å². The first-order valence-electron chi connectivity index (χ1n) is 9.35. The van der Waals surface area contributed by atoms with E-state index in [0.29, 0.717) is 16.0 Å². The number of rotatable bonds is 7. The summed E-state index contributed by atoms with van der Waals surface area (Å²) < 4.78 is 1.86. The van der Waals surface area contributed by atoms with Gasteiger partial charge in [-0.3, -0.25) is 9.78 Å². The highest BCUT2D eigenvalue weighted by Crippen LogP contribution is 2.34. The van der Waals surface area contributed by atoms with Crippen molar-refractivity contribution in [2.24, 2.45) is 7.05 Å². The van der Waals surface area contributed by atoms with Crippen molar-refractivity contribution in [1.29, 1.82) is 0 Å². The first-order chi connectivity index (χ1) is 15.1. The molecular weight excluding hydrogens is 450 g/mol. The Hall–Kier alpha value is -2.81. The molecule has 156 valence electrons. The van der Waals surface area contributed by atoms with Gasteiger partial charge < -0.3 is 9.88 Å². The van der Waals surface area contributed by atoms with E-state index in [2.05, 4.69) is 20.5 Å². The summed E-state index contributed by atoms with van der Waals surface area (Å²) in [7, 11) is 1.88. The normalized spacial score (nSPS) is 10.8. The van der Waals surface area contributed by atoms with Crippen molar-refractivity contribution in [3.8, 4) is 11.4 Å². The van der Waals surface area contributed by atoms with Gasteiger partial charge in [0, 0.05) is 39.8 Å². The summed E-state index contributed by atoms with van der Waals surface area (Å²) in [5.74, 6) is 0.819. The lowest BCUT2D eigenvalue weighted by Crippen LogP contribution is -2.15. The van der Waals surface area contributed by atoms with Crippen molar-refractivity contribution in [2.45, 2.75) is 14.9 Å². The van der Waals surface area contributed by atoms with Gasteiger partial charge in [-0.05, 0) is 48.5 Å². The number of nitrogens with one attached hydrogen (secondary N) is 1. The molecule has 0 fully saturated rings. The standard InChI is InChI=1S/C22H18ClN5OS2/c1-28-21(15-5-4-12-24-13-15)26-27-22(28)30-14-20(29)25-18-6-2-3-7-19(18)31-17-10-8-16(23)9-11-17/h2-13H,14H2,1H3,(H,25,29). The number of halogens is 1. The van der Waals surface area contributed by atoms with E-state index in [1.165, 1.54) is 11.8 Å². The van der Waals surface area contributed by atoms with E-state index in [1.54, 1.807) is 24.2 Å². The number of nitrogens with zero attached hydrogens (tertiary/aromatic N) is 4. The number of aromatic nitrogens is 4. The maximum atomic E-state index is 12.6. The number of benzene rings is 2. The number of carbonyl (C=O) groups excluding carboxylic acids is 1. The van der Waals surface area contributed by atoms with Crippen molar-refractivity contribution in [3.05, 3.63) is 78.1 Å². The lowest BCUT2D eigenvalue weighted by atomic mass is 10.3. The predicted octanol–water partition coefficient (Wildman–Crippen LogP) is 5.41. The predicted molar refractivity (Wildman–Crippen MR) is 126 cm³/mol. The van der Waals surface area contributed by atoms with Crippen molar-refractivity contribution in [2.75, 3.05) is 11.1 Å². The number of anilines is 1. The van der Waals surface area contributed by atoms with Crippen LogP contribution in [-0.4, -0.2) is 31.4 Å². The van der Waals surface area contributed by atoms with Gasteiger partial charge in [-0.1, -0.05) is 47.3 Å². The van der Waals surface area contributed by atoms with Crippen LogP contribution < -0.4 is 5.32 Å². The smallest absolute Gasteiger partial charge is 0.234 e. The Balaban J connectivity index is 1.40. The molecule has 1 N–H and O–H groups in total. The van der Waals surface area contributed by atoms with E-state index >= 15 is 0 Å². The molecule has 2 heterocycles. The molecule has 0 bridgehead atoms. The molecule has 0 unspecified atom stereocenters. The third-order valence-electron chi connectivity index (χ3n) is 4.29. The van der Waals surface area contributed by atoms with Gasteiger partial charge >= 0.3 is 0 Å². The monoisotopic (exact) mass is 467 g/mol. The lowest BCUT2D eigenvalue weighted by molar-refractivity contribution is -0.113. The zero-order chi connectivity index (χ0) is 21.6. The van der Waals surface area contributed by atoms with Gasteiger partial charge in [0.1, 0.15) is 0 Å². The second kappa shape index (κ2) is 10.00. The van der Waals surface area contributed by atoms with E-state index in [4.69, 9.17) is 11.6 Å². The summed E-state index contributed by atoms with van der Waals surface area (Å²) in [6.07, 6.45) is 3.45. The third kappa shape index (κ3) is 5.46. The molecule has 6 nitrogen and oxygen atoms in total. The minimum absolute atomic E-state index is 0.111. The zero-order valence-electron chi connectivity index (χ0n) is 16.5. The Labute approximate surface area is 193 Å². The molecule has 4 aromatic rings. The first kappa shape index (κ1) is 21.4. The van der Waals surface area contributed by atoms with Crippen LogP contribution in [0.25, 0.3) is 11.4 Å². The summed E-state index contributed by atoms with van der Waals surface area (Å²) in [6, 6.07) is 19.1. The quantitative estimate of drug-likeness (QED) is 0.366. The van der Waals surface area contributed by atoms with Crippen LogP contribution in [0.4, 0.5) is 5.69 Å². The lowest BCUT2D eigenvalue weighted by Gasteiger charge is -2.11. The molecule has 31 heavy (non-hydrogen) atoms. The molecule has 0 radical (unpaired) electrons. The van der Waals surface area contributed by atoms with Gasteiger partial charge in [-0.2, -0.15) is 0 Å². The molecule has 0 aliphatic carbocycles. The number of para-hydroxylation sites is 1. The largest absolute Gasteiger partial charge is 0.324 e. The highest BCUT2D eigenvalue weighted by atomic mass is 35.5. The molecule has 0 saturated carbocycles. The minimum atomic E-state index is -0.111. The summed E-state index contributed by atoms with van der Waals surface area (Å²) in [4.78, 5) is 18.7. The second-order valence-corrected chi connectivity index (χ2v) is 8.99. The third-order valence-corrected chi connectivity index (χ3v) is 6.65.